The minimum atomic E-state index is 0.491. The van der Waals surface area contributed by atoms with E-state index in [9.17, 15) is 0 Å². The third-order valence-corrected chi connectivity index (χ3v) is 4.35. The van der Waals surface area contributed by atoms with E-state index in [0.29, 0.717) is 6.54 Å². The van der Waals surface area contributed by atoms with Crippen molar-refractivity contribution < 1.29 is 0 Å². The van der Waals surface area contributed by atoms with Crippen LogP contribution in [0.4, 0.5) is 0 Å². The maximum absolute atomic E-state index is 4.77. The Morgan fingerprint density at radius 2 is 2.09 bits per heavy atom. The highest BCUT2D eigenvalue weighted by molar-refractivity contribution is 9.10. The van der Waals surface area contributed by atoms with Crippen molar-refractivity contribution in [1.29, 1.82) is 0 Å². The van der Waals surface area contributed by atoms with Crippen molar-refractivity contribution in [2.24, 2.45) is 4.99 Å². The molecule has 0 atom stereocenters. The lowest BCUT2D eigenvalue weighted by atomic mass is 10.0. The second kappa shape index (κ2) is 5.70. The summed E-state index contributed by atoms with van der Waals surface area (Å²) in [6.45, 7) is 2.58. The quantitative estimate of drug-likeness (QED) is 0.697. The average Bonchev–Trinajstić information content (AvgIpc) is 2.92. The van der Waals surface area contributed by atoms with Crippen molar-refractivity contribution in [2.45, 2.75) is 19.9 Å². The summed E-state index contributed by atoms with van der Waals surface area (Å²) in [6, 6.07) is 12.1. The SMILES string of the molecule is CCc1nnc2n1-c1ccc(Br)cc1C(c1ccccn1)=NC2. The smallest absolute Gasteiger partial charge is 0.159 e. The van der Waals surface area contributed by atoms with Crippen LogP contribution in [0.1, 0.15) is 29.8 Å². The number of rotatable bonds is 2. The van der Waals surface area contributed by atoms with E-state index in [1.807, 2.05) is 24.3 Å². The van der Waals surface area contributed by atoms with Gasteiger partial charge in [0.05, 0.1) is 17.1 Å². The molecule has 0 saturated carbocycles. The molecular formula is C17H14BrN5. The van der Waals surface area contributed by atoms with Crippen molar-refractivity contribution in [1.82, 2.24) is 19.7 Å². The number of aliphatic imine (C=N–C) groups is 1. The third-order valence-electron chi connectivity index (χ3n) is 3.85. The van der Waals surface area contributed by atoms with Gasteiger partial charge in [0.2, 0.25) is 0 Å². The Morgan fingerprint density at radius 3 is 2.87 bits per heavy atom. The molecule has 23 heavy (non-hydrogen) atoms. The lowest BCUT2D eigenvalue weighted by molar-refractivity contribution is 0.839. The molecule has 3 aromatic rings. The fraction of sp³-hybridized carbons (Fsp3) is 0.176. The van der Waals surface area contributed by atoms with Crippen LogP contribution in [-0.2, 0) is 13.0 Å². The molecule has 0 amide bonds. The van der Waals surface area contributed by atoms with Crippen molar-refractivity contribution in [2.75, 3.05) is 0 Å². The average molecular weight is 368 g/mol. The summed E-state index contributed by atoms with van der Waals surface area (Å²) in [5.41, 5.74) is 3.83. The van der Waals surface area contributed by atoms with Gasteiger partial charge in [0.25, 0.3) is 0 Å². The Kier molecular flexibility index (Phi) is 3.53. The summed E-state index contributed by atoms with van der Waals surface area (Å²) in [4.78, 5) is 9.25. The summed E-state index contributed by atoms with van der Waals surface area (Å²) >= 11 is 3.57. The molecule has 0 radical (unpaired) electrons. The third kappa shape index (κ3) is 2.39. The van der Waals surface area contributed by atoms with Crippen LogP contribution in [0.15, 0.2) is 52.1 Å². The molecule has 0 N–H and O–H groups in total. The van der Waals surface area contributed by atoms with Gasteiger partial charge in [-0.15, -0.1) is 10.2 Å². The lowest BCUT2D eigenvalue weighted by Gasteiger charge is -2.13. The van der Waals surface area contributed by atoms with Crippen molar-refractivity contribution >= 4 is 21.6 Å². The van der Waals surface area contributed by atoms with E-state index in [1.165, 1.54) is 0 Å². The molecule has 0 saturated heterocycles. The molecule has 1 aliphatic rings. The monoisotopic (exact) mass is 367 g/mol. The first-order chi connectivity index (χ1) is 11.3. The van der Waals surface area contributed by atoms with E-state index in [1.54, 1.807) is 6.20 Å². The van der Waals surface area contributed by atoms with Crippen molar-refractivity contribution in [3.63, 3.8) is 0 Å². The summed E-state index contributed by atoms with van der Waals surface area (Å²) < 4.78 is 3.12. The second-order valence-corrected chi connectivity index (χ2v) is 6.18. The van der Waals surface area contributed by atoms with E-state index in [2.05, 4.69) is 54.7 Å². The number of benzene rings is 1. The Hall–Kier alpha value is -2.34. The molecule has 1 aliphatic heterocycles. The number of aryl methyl sites for hydroxylation is 1. The van der Waals surface area contributed by atoms with E-state index >= 15 is 0 Å². The van der Waals surface area contributed by atoms with Gasteiger partial charge in [0.15, 0.2) is 5.82 Å². The summed E-state index contributed by atoms with van der Waals surface area (Å²) in [5, 5.41) is 8.60. The minimum absolute atomic E-state index is 0.491. The zero-order valence-corrected chi connectivity index (χ0v) is 14.2. The maximum atomic E-state index is 4.77. The van der Waals surface area contributed by atoms with Crippen LogP contribution in [0.3, 0.4) is 0 Å². The zero-order valence-electron chi connectivity index (χ0n) is 12.6. The first-order valence-electron chi connectivity index (χ1n) is 7.47. The van der Waals surface area contributed by atoms with Gasteiger partial charge < -0.3 is 0 Å². The molecule has 1 aromatic carbocycles. The molecule has 2 aromatic heterocycles. The van der Waals surface area contributed by atoms with Gasteiger partial charge in [-0.2, -0.15) is 0 Å². The first kappa shape index (κ1) is 14.3. The highest BCUT2D eigenvalue weighted by Crippen LogP contribution is 2.28. The molecule has 0 aliphatic carbocycles. The second-order valence-electron chi connectivity index (χ2n) is 5.26. The van der Waals surface area contributed by atoms with Crippen LogP contribution >= 0.6 is 15.9 Å². The van der Waals surface area contributed by atoms with Crippen LogP contribution in [0.25, 0.3) is 5.69 Å². The minimum Gasteiger partial charge on any atom is -0.281 e. The van der Waals surface area contributed by atoms with Crippen LogP contribution in [0.5, 0.6) is 0 Å². The molecule has 0 bridgehead atoms. The number of aromatic nitrogens is 4. The molecule has 3 heterocycles. The first-order valence-corrected chi connectivity index (χ1v) is 8.26. The van der Waals surface area contributed by atoms with E-state index in [4.69, 9.17) is 4.99 Å². The lowest BCUT2D eigenvalue weighted by Crippen LogP contribution is -2.10. The summed E-state index contributed by atoms with van der Waals surface area (Å²) in [7, 11) is 0. The van der Waals surface area contributed by atoms with Crippen LogP contribution < -0.4 is 0 Å². The largest absolute Gasteiger partial charge is 0.281 e. The van der Waals surface area contributed by atoms with Gasteiger partial charge in [0.1, 0.15) is 12.4 Å². The van der Waals surface area contributed by atoms with Gasteiger partial charge >= 0.3 is 0 Å². The van der Waals surface area contributed by atoms with Crippen LogP contribution in [0.2, 0.25) is 0 Å². The molecule has 6 heteroatoms. The predicted molar refractivity (Wildman–Crippen MR) is 92.0 cm³/mol. The molecular weight excluding hydrogens is 354 g/mol. The van der Waals surface area contributed by atoms with Crippen molar-refractivity contribution in [3.8, 4) is 5.69 Å². The highest BCUT2D eigenvalue weighted by atomic mass is 79.9. The number of nitrogens with zero attached hydrogens (tertiary/aromatic N) is 5. The van der Waals surface area contributed by atoms with Crippen LogP contribution in [-0.4, -0.2) is 25.5 Å². The fourth-order valence-electron chi connectivity index (χ4n) is 2.81. The molecule has 4 rings (SSSR count). The number of hydrogen-bond donors (Lipinski definition) is 0. The Labute approximate surface area is 142 Å². The molecule has 0 spiro atoms. The Balaban J connectivity index is 2.00. The predicted octanol–water partition coefficient (Wildman–Crippen LogP) is 3.34. The maximum Gasteiger partial charge on any atom is 0.159 e. The normalized spacial score (nSPS) is 13.0. The summed E-state index contributed by atoms with van der Waals surface area (Å²) in [6.07, 6.45) is 2.61. The highest BCUT2D eigenvalue weighted by Gasteiger charge is 2.22. The number of fused-ring (bicyclic) bond motifs is 3. The zero-order chi connectivity index (χ0) is 15.8. The molecule has 114 valence electrons. The van der Waals surface area contributed by atoms with Gasteiger partial charge in [-0.1, -0.05) is 28.9 Å². The van der Waals surface area contributed by atoms with E-state index < -0.39 is 0 Å². The van der Waals surface area contributed by atoms with Gasteiger partial charge in [0, 0.05) is 22.7 Å². The topological polar surface area (TPSA) is 56.0 Å². The summed E-state index contributed by atoms with van der Waals surface area (Å²) in [5.74, 6) is 1.80. The molecule has 0 unspecified atom stereocenters. The van der Waals surface area contributed by atoms with Crippen LogP contribution in [0, 0.1) is 0 Å². The fourth-order valence-corrected chi connectivity index (χ4v) is 3.17. The molecule has 0 fully saturated rings. The Morgan fingerprint density at radius 1 is 1.17 bits per heavy atom. The molecule has 5 nitrogen and oxygen atoms in total. The van der Waals surface area contributed by atoms with Gasteiger partial charge in [-0.25, -0.2) is 0 Å². The number of halogens is 1. The van der Waals surface area contributed by atoms with E-state index in [0.717, 1.165) is 45.2 Å². The number of pyridine rings is 1. The van der Waals surface area contributed by atoms with Gasteiger partial charge in [-0.3, -0.25) is 14.5 Å². The van der Waals surface area contributed by atoms with Gasteiger partial charge in [-0.05, 0) is 30.3 Å². The van der Waals surface area contributed by atoms with Crippen molar-refractivity contribution in [3.05, 3.63) is 70.0 Å². The number of hydrogen-bond acceptors (Lipinski definition) is 4. The Bertz CT molecular complexity index is 899. The standard InChI is InChI=1S/C17H14BrN5/c1-2-15-21-22-16-10-20-17(13-5-3-4-8-19-13)12-9-11(18)6-7-14(12)23(15)16/h3-9H,2,10H2,1H3. The van der Waals surface area contributed by atoms with E-state index in [-0.39, 0.29) is 0 Å².